The molecule has 28 heavy (non-hydrogen) atoms. The number of hydrogen-bond donors (Lipinski definition) is 1. The molecule has 1 amide bonds. The zero-order chi connectivity index (χ0) is 20.1. The van der Waals surface area contributed by atoms with Crippen LogP contribution in [0.1, 0.15) is 37.0 Å². The van der Waals surface area contributed by atoms with Crippen molar-refractivity contribution in [2.75, 3.05) is 7.11 Å². The van der Waals surface area contributed by atoms with Gasteiger partial charge in [0, 0.05) is 22.5 Å². The highest BCUT2D eigenvalue weighted by Crippen LogP contribution is 2.54. The maximum Gasteiger partial charge on any atom is 0.271 e. The first-order valence-corrected chi connectivity index (χ1v) is 9.18. The van der Waals surface area contributed by atoms with E-state index in [0.29, 0.717) is 11.5 Å². The zero-order valence-electron chi connectivity index (χ0n) is 16.4. The van der Waals surface area contributed by atoms with Crippen LogP contribution in [0.2, 0.25) is 0 Å². The van der Waals surface area contributed by atoms with Gasteiger partial charge in [-0.15, -0.1) is 0 Å². The van der Waals surface area contributed by atoms with Crippen LogP contribution in [0.4, 0.5) is 0 Å². The predicted octanol–water partition coefficient (Wildman–Crippen LogP) is 3.39. The van der Waals surface area contributed by atoms with Crippen LogP contribution in [0.5, 0.6) is 0 Å². The van der Waals surface area contributed by atoms with Crippen LogP contribution in [-0.4, -0.2) is 24.4 Å². The normalized spacial score (nSPS) is 21.9. The van der Waals surface area contributed by atoms with Gasteiger partial charge >= 0.3 is 0 Å². The van der Waals surface area contributed by atoms with E-state index in [1.807, 2.05) is 25.1 Å². The molecule has 0 saturated heterocycles. The summed E-state index contributed by atoms with van der Waals surface area (Å²) in [6, 6.07) is 17.7. The van der Waals surface area contributed by atoms with Crippen molar-refractivity contribution in [3.05, 3.63) is 71.3 Å². The fourth-order valence-electron chi connectivity index (χ4n) is 3.57. The van der Waals surface area contributed by atoms with Crippen LogP contribution in [0.25, 0.3) is 0 Å². The van der Waals surface area contributed by atoms with Gasteiger partial charge in [-0.1, -0.05) is 71.8 Å². The Balaban J connectivity index is 1.69. The molecule has 0 aromatic heterocycles. The number of benzene rings is 2. The average molecular weight is 379 g/mol. The molecule has 3 rings (SSSR count). The molecule has 0 spiro atoms. The van der Waals surface area contributed by atoms with Crippen LogP contribution in [0, 0.1) is 5.92 Å². The Hall–Kier alpha value is -3.15. The van der Waals surface area contributed by atoms with Gasteiger partial charge in [0.15, 0.2) is 5.71 Å². The second kappa shape index (κ2) is 8.25. The number of rotatable bonds is 8. The third-order valence-electron chi connectivity index (χ3n) is 5.29. The van der Waals surface area contributed by atoms with Crippen LogP contribution < -0.4 is 5.73 Å². The van der Waals surface area contributed by atoms with Crippen molar-refractivity contribution in [2.45, 2.75) is 32.3 Å². The van der Waals surface area contributed by atoms with E-state index in [1.54, 1.807) is 12.1 Å². The van der Waals surface area contributed by atoms with Crippen molar-refractivity contribution < 1.29 is 14.5 Å². The van der Waals surface area contributed by atoms with Gasteiger partial charge in [0.05, 0.1) is 5.71 Å². The van der Waals surface area contributed by atoms with Gasteiger partial charge in [0.1, 0.15) is 13.7 Å². The summed E-state index contributed by atoms with van der Waals surface area (Å²) >= 11 is 0. The predicted molar refractivity (Wildman–Crippen MR) is 109 cm³/mol. The van der Waals surface area contributed by atoms with E-state index in [9.17, 15) is 4.79 Å². The third-order valence-corrected chi connectivity index (χ3v) is 5.29. The van der Waals surface area contributed by atoms with E-state index in [0.717, 1.165) is 17.7 Å². The largest absolute Gasteiger partial charge is 0.398 e. The maximum absolute atomic E-state index is 11.7. The van der Waals surface area contributed by atoms with Crippen LogP contribution in [0.15, 0.2) is 64.9 Å². The van der Waals surface area contributed by atoms with Crippen molar-refractivity contribution >= 4 is 17.3 Å². The second-order valence-corrected chi connectivity index (χ2v) is 7.19. The van der Waals surface area contributed by atoms with Crippen molar-refractivity contribution in [1.82, 2.24) is 0 Å². The molecule has 1 saturated carbocycles. The van der Waals surface area contributed by atoms with Gasteiger partial charge in [-0.3, -0.25) is 4.79 Å². The molecule has 146 valence electrons. The molecule has 2 N–H and O–H groups in total. The molecule has 0 radical (unpaired) electrons. The highest BCUT2D eigenvalue weighted by atomic mass is 16.6. The molecule has 0 aliphatic heterocycles. The standard InChI is InChI=1S/C22H25N3O3/c1-15(19-13-22(19,2)17-10-5-4-6-11-17)24-28-14-16-9-7-8-12-18(16)20(21(23)26)25-27-3/h4-12,19H,13-14H2,1-3H3,(H2,23,26)/t19-,22-/m0/s1. The molecule has 0 bridgehead atoms. The van der Waals surface area contributed by atoms with Crippen LogP contribution in [0.3, 0.4) is 0 Å². The Morgan fingerprint density at radius 3 is 2.50 bits per heavy atom. The summed E-state index contributed by atoms with van der Waals surface area (Å²) in [5.74, 6) is -0.299. The molecule has 0 unspecified atom stereocenters. The lowest BCUT2D eigenvalue weighted by molar-refractivity contribution is -0.112. The van der Waals surface area contributed by atoms with E-state index in [-0.39, 0.29) is 17.7 Å². The monoisotopic (exact) mass is 379 g/mol. The number of hydrogen-bond acceptors (Lipinski definition) is 5. The first-order chi connectivity index (χ1) is 13.5. The molecule has 1 aliphatic carbocycles. The topological polar surface area (TPSA) is 86.3 Å². The lowest BCUT2D eigenvalue weighted by atomic mass is 9.94. The highest BCUT2D eigenvalue weighted by Gasteiger charge is 2.52. The van der Waals surface area contributed by atoms with E-state index < -0.39 is 5.91 Å². The number of amides is 1. The molecule has 6 nitrogen and oxygen atoms in total. The number of oxime groups is 2. The Morgan fingerprint density at radius 1 is 1.14 bits per heavy atom. The van der Waals surface area contributed by atoms with E-state index >= 15 is 0 Å². The molecule has 1 fully saturated rings. The number of carbonyl (C=O) groups is 1. The summed E-state index contributed by atoms with van der Waals surface area (Å²) in [5, 5.41) is 8.06. The Morgan fingerprint density at radius 2 is 1.82 bits per heavy atom. The molecule has 2 aromatic rings. The number of primary amides is 1. The quantitative estimate of drug-likeness (QED) is 0.563. The average Bonchev–Trinajstić information content (AvgIpc) is 3.40. The molecule has 2 aromatic carbocycles. The lowest BCUT2D eigenvalue weighted by Crippen LogP contribution is -2.25. The minimum absolute atomic E-state index is 0.0567. The maximum atomic E-state index is 11.7. The Bertz CT molecular complexity index is 908. The van der Waals surface area contributed by atoms with Gasteiger partial charge in [-0.25, -0.2) is 0 Å². The van der Waals surface area contributed by atoms with Gasteiger partial charge in [0.25, 0.3) is 5.91 Å². The Labute approximate surface area is 165 Å². The first-order valence-electron chi connectivity index (χ1n) is 9.18. The Kier molecular flexibility index (Phi) is 5.78. The number of nitrogens with two attached hydrogens (primary N) is 1. The molecular formula is C22H25N3O3. The fraction of sp³-hybridized carbons (Fsp3) is 0.318. The van der Waals surface area contributed by atoms with E-state index in [1.165, 1.54) is 12.7 Å². The smallest absolute Gasteiger partial charge is 0.271 e. The van der Waals surface area contributed by atoms with Crippen molar-refractivity contribution in [3.8, 4) is 0 Å². The van der Waals surface area contributed by atoms with E-state index in [2.05, 4.69) is 41.5 Å². The summed E-state index contributed by atoms with van der Waals surface area (Å²) in [6.07, 6.45) is 1.05. The molecule has 2 atom stereocenters. The van der Waals surface area contributed by atoms with Gasteiger partial charge in [0.2, 0.25) is 0 Å². The van der Waals surface area contributed by atoms with Gasteiger partial charge in [-0.2, -0.15) is 0 Å². The first kappa shape index (κ1) is 19.6. The van der Waals surface area contributed by atoms with Gasteiger partial charge < -0.3 is 15.4 Å². The molecule has 1 aliphatic rings. The van der Waals surface area contributed by atoms with Crippen LogP contribution >= 0.6 is 0 Å². The number of nitrogens with zero attached hydrogens (tertiary/aromatic N) is 2. The molecular weight excluding hydrogens is 354 g/mol. The minimum atomic E-state index is -0.661. The third kappa shape index (κ3) is 4.06. The van der Waals surface area contributed by atoms with Crippen molar-refractivity contribution in [3.63, 3.8) is 0 Å². The highest BCUT2D eigenvalue weighted by molar-refractivity contribution is 6.45. The van der Waals surface area contributed by atoms with Crippen molar-refractivity contribution in [1.29, 1.82) is 0 Å². The summed E-state index contributed by atoms with van der Waals surface area (Å²) in [4.78, 5) is 22.0. The number of carbonyl (C=O) groups excluding carboxylic acids is 1. The SMILES string of the molecule is CON=C(C(N)=O)c1ccccc1CON=C(C)[C@@H]1C[C@@]1(C)c1ccccc1. The van der Waals surface area contributed by atoms with Crippen molar-refractivity contribution in [2.24, 2.45) is 22.0 Å². The summed E-state index contributed by atoms with van der Waals surface area (Å²) in [7, 11) is 1.37. The fourth-order valence-corrected chi connectivity index (χ4v) is 3.57. The summed E-state index contributed by atoms with van der Waals surface area (Å²) in [5.41, 5.74) is 9.20. The van der Waals surface area contributed by atoms with E-state index in [4.69, 9.17) is 15.4 Å². The summed E-state index contributed by atoms with van der Waals surface area (Å²) < 4.78 is 0. The zero-order valence-corrected chi connectivity index (χ0v) is 16.4. The molecule has 0 heterocycles. The minimum Gasteiger partial charge on any atom is -0.398 e. The summed E-state index contributed by atoms with van der Waals surface area (Å²) in [6.45, 7) is 4.45. The second-order valence-electron chi connectivity index (χ2n) is 7.19. The van der Waals surface area contributed by atoms with Crippen LogP contribution in [-0.2, 0) is 26.5 Å². The molecule has 6 heteroatoms. The van der Waals surface area contributed by atoms with Gasteiger partial charge in [-0.05, 0) is 18.9 Å². The lowest BCUT2D eigenvalue weighted by Gasteiger charge is -2.12.